The van der Waals surface area contributed by atoms with Gasteiger partial charge in [0.05, 0.1) is 6.54 Å². The van der Waals surface area contributed by atoms with Crippen LogP contribution in [0.1, 0.15) is 18.4 Å². The molecule has 0 aliphatic heterocycles. The van der Waals surface area contributed by atoms with Gasteiger partial charge >= 0.3 is 0 Å². The molecule has 3 N–H and O–H groups in total. The van der Waals surface area contributed by atoms with Crippen LogP contribution in [-0.2, 0) is 10.0 Å². The van der Waals surface area contributed by atoms with Crippen molar-refractivity contribution in [1.82, 2.24) is 9.46 Å². The van der Waals surface area contributed by atoms with Gasteiger partial charge in [-0.05, 0) is 13.8 Å². The van der Waals surface area contributed by atoms with E-state index >= 15 is 0 Å². The number of amidine groups is 1. The van der Waals surface area contributed by atoms with Gasteiger partial charge in [0.25, 0.3) is 0 Å². The monoisotopic (exact) mass is 276 g/mol. The summed E-state index contributed by atoms with van der Waals surface area (Å²) >= 11 is 0. The van der Waals surface area contributed by atoms with Gasteiger partial charge in [-0.25, -0.2) is 8.42 Å². The molecule has 0 bridgehead atoms. The molecular formula is C9H16N4O4S. The van der Waals surface area contributed by atoms with E-state index in [0.29, 0.717) is 0 Å². The summed E-state index contributed by atoms with van der Waals surface area (Å²) in [7, 11) is -3.77. The number of aromatic nitrogens is 1. The molecule has 18 heavy (non-hydrogen) atoms. The van der Waals surface area contributed by atoms with Crippen LogP contribution in [0.4, 0.5) is 0 Å². The Balaban J connectivity index is 3.20. The molecule has 0 saturated carbocycles. The highest BCUT2D eigenvalue weighted by Crippen LogP contribution is 2.22. The number of sulfonamides is 1. The first-order chi connectivity index (χ1) is 8.34. The Morgan fingerprint density at radius 1 is 1.56 bits per heavy atom. The molecule has 0 aliphatic rings. The fourth-order valence-electron chi connectivity index (χ4n) is 1.55. The van der Waals surface area contributed by atoms with Gasteiger partial charge in [0.1, 0.15) is 10.6 Å². The standard InChI is InChI=1S/C9H16N4O4S/c1-4-13(5-8(10)11-14)18(15,16)9-6(2)12-17-7(9)3/h14H,4-5H2,1-3H3,(H2,10,11). The van der Waals surface area contributed by atoms with Crippen molar-refractivity contribution in [3.63, 3.8) is 0 Å². The predicted octanol–water partition coefficient (Wildman–Crippen LogP) is 0.0484. The molecule has 0 atom stereocenters. The Bertz CT molecular complexity index is 529. The van der Waals surface area contributed by atoms with Crippen LogP contribution in [0.3, 0.4) is 0 Å². The van der Waals surface area contributed by atoms with E-state index in [-0.39, 0.29) is 35.3 Å². The van der Waals surface area contributed by atoms with E-state index in [1.165, 1.54) is 6.92 Å². The summed E-state index contributed by atoms with van der Waals surface area (Å²) in [4.78, 5) is 0.0232. The molecule has 1 rings (SSSR count). The van der Waals surface area contributed by atoms with Crippen LogP contribution in [0.5, 0.6) is 0 Å². The number of rotatable bonds is 5. The molecule has 0 amide bonds. The van der Waals surface area contributed by atoms with Crippen molar-refractivity contribution in [3.05, 3.63) is 11.5 Å². The third-order valence-corrected chi connectivity index (χ3v) is 4.55. The van der Waals surface area contributed by atoms with Crippen LogP contribution < -0.4 is 5.73 Å². The molecule has 1 heterocycles. The van der Waals surface area contributed by atoms with Crippen LogP contribution in [0.15, 0.2) is 14.6 Å². The fraction of sp³-hybridized carbons (Fsp3) is 0.556. The zero-order valence-electron chi connectivity index (χ0n) is 10.4. The Morgan fingerprint density at radius 2 is 2.17 bits per heavy atom. The quantitative estimate of drug-likeness (QED) is 0.339. The van der Waals surface area contributed by atoms with Crippen molar-refractivity contribution in [1.29, 1.82) is 0 Å². The summed E-state index contributed by atoms with van der Waals surface area (Å²) in [6, 6.07) is 0. The van der Waals surface area contributed by atoms with Gasteiger partial charge in [-0.2, -0.15) is 4.31 Å². The number of hydrogen-bond acceptors (Lipinski definition) is 6. The molecule has 9 heteroatoms. The average molecular weight is 276 g/mol. The highest BCUT2D eigenvalue weighted by molar-refractivity contribution is 7.89. The zero-order chi connectivity index (χ0) is 13.9. The summed E-state index contributed by atoms with van der Waals surface area (Å²) in [5, 5.41) is 14.9. The molecule has 0 spiro atoms. The maximum absolute atomic E-state index is 12.4. The lowest BCUT2D eigenvalue weighted by Gasteiger charge is -2.19. The van der Waals surface area contributed by atoms with E-state index in [0.717, 1.165) is 4.31 Å². The number of aryl methyl sites for hydroxylation is 2. The average Bonchev–Trinajstić information content (AvgIpc) is 2.65. The maximum Gasteiger partial charge on any atom is 0.248 e. The summed E-state index contributed by atoms with van der Waals surface area (Å²) in [5.41, 5.74) is 5.61. The lowest BCUT2D eigenvalue weighted by atomic mass is 10.4. The Labute approximate surface area is 105 Å². The first-order valence-corrected chi connectivity index (χ1v) is 6.68. The second-order valence-electron chi connectivity index (χ2n) is 3.68. The molecule has 0 unspecified atom stereocenters. The van der Waals surface area contributed by atoms with Crippen LogP contribution in [0, 0.1) is 13.8 Å². The van der Waals surface area contributed by atoms with Crippen molar-refractivity contribution < 1.29 is 18.1 Å². The van der Waals surface area contributed by atoms with Crippen molar-refractivity contribution in [2.45, 2.75) is 25.7 Å². The van der Waals surface area contributed by atoms with Gasteiger partial charge in [0.2, 0.25) is 10.0 Å². The van der Waals surface area contributed by atoms with Crippen LogP contribution >= 0.6 is 0 Å². The summed E-state index contributed by atoms with van der Waals surface area (Å²) in [5.74, 6) is 0.0256. The van der Waals surface area contributed by atoms with Crippen molar-refractivity contribution in [3.8, 4) is 0 Å². The first kappa shape index (κ1) is 14.5. The third kappa shape index (κ3) is 2.62. The lowest BCUT2D eigenvalue weighted by molar-refractivity contribution is 0.315. The number of likely N-dealkylation sites (N-methyl/N-ethyl adjacent to an activating group) is 1. The van der Waals surface area contributed by atoms with Crippen LogP contribution in [0.2, 0.25) is 0 Å². The molecule has 8 nitrogen and oxygen atoms in total. The van der Waals surface area contributed by atoms with E-state index in [2.05, 4.69) is 10.3 Å². The van der Waals surface area contributed by atoms with E-state index in [1.54, 1.807) is 13.8 Å². The predicted molar refractivity (Wildman–Crippen MR) is 63.8 cm³/mol. The SMILES string of the molecule is CCN(CC(N)=NO)S(=O)(=O)c1c(C)noc1C. The Hall–Kier alpha value is -1.61. The summed E-state index contributed by atoms with van der Waals surface area (Å²) < 4.78 is 30.6. The number of nitrogens with zero attached hydrogens (tertiary/aromatic N) is 3. The fourth-order valence-corrected chi connectivity index (χ4v) is 3.26. The minimum Gasteiger partial charge on any atom is -0.409 e. The number of hydrogen-bond donors (Lipinski definition) is 2. The molecule has 0 radical (unpaired) electrons. The summed E-state index contributed by atoms with van der Waals surface area (Å²) in [6.07, 6.45) is 0. The van der Waals surface area contributed by atoms with Crippen LogP contribution in [0.25, 0.3) is 0 Å². The van der Waals surface area contributed by atoms with Crippen LogP contribution in [-0.4, -0.2) is 42.0 Å². The molecule has 0 aromatic carbocycles. The van der Waals surface area contributed by atoms with Gasteiger partial charge in [0, 0.05) is 6.54 Å². The van der Waals surface area contributed by atoms with Crippen molar-refractivity contribution >= 4 is 15.9 Å². The maximum atomic E-state index is 12.4. The van der Waals surface area contributed by atoms with Crippen molar-refractivity contribution in [2.24, 2.45) is 10.9 Å². The zero-order valence-corrected chi connectivity index (χ0v) is 11.2. The van der Waals surface area contributed by atoms with E-state index < -0.39 is 10.0 Å². The third-order valence-electron chi connectivity index (χ3n) is 2.39. The molecular weight excluding hydrogens is 260 g/mol. The highest BCUT2D eigenvalue weighted by Gasteiger charge is 2.30. The molecule has 0 saturated heterocycles. The van der Waals surface area contributed by atoms with E-state index in [9.17, 15) is 8.42 Å². The van der Waals surface area contributed by atoms with Gasteiger partial charge < -0.3 is 15.5 Å². The topological polar surface area (TPSA) is 122 Å². The minimum absolute atomic E-state index is 0.0232. The Kier molecular flexibility index (Phi) is 4.30. The lowest BCUT2D eigenvalue weighted by Crippen LogP contribution is -2.38. The Morgan fingerprint density at radius 3 is 2.56 bits per heavy atom. The second-order valence-corrected chi connectivity index (χ2v) is 5.55. The van der Waals surface area contributed by atoms with Gasteiger partial charge in [0.15, 0.2) is 11.6 Å². The largest absolute Gasteiger partial charge is 0.409 e. The second kappa shape index (κ2) is 5.36. The molecule has 1 aromatic heterocycles. The molecule has 0 aliphatic carbocycles. The number of nitrogens with two attached hydrogens (primary N) is 1. The number of oxime groups is 1. The highest BCUT2D eigenvalue weighted by atomic mass is 32.2. The van der Waals surface area contributed by atoms with E-state index in [1.807, 2.05) is 0 Å². The normalized spacial score (nSPS) is 13.2. The first-order valence-electron chi connectivity index (χ1n) is 5.24. The molecule has 0 fully saturated rings. The van der Waals surface area contributed by atoms with Crippen molar-refractivity contribution in [2.75, 3.05) is 13.1 Å². The smallest absolute Gasteiger partial charge is 0.248 e. The van der Waals surface area contributed by atoms with E-state index in [4.69, 9.17) is 15.5 Å². The van der Waals surface area contributed by atoms with Gasteiger partial charge in [-0.3, -0.25) is 0 Å². The molecule has 1 aromatic rings. The molecule has 102 valence electrons. The minimum atomic E-state index is -3.77. The van der Waals surface area contributed by atoms with Gasteiger partial charge in [-0.1, -0.05) is 17.2 Å². The summed E-state index contributed by atoms with van der Waals surface area (Å²) in [6.45, 7) is 4.70. The van der Waals surface area contributed by atoms with Gasteiger partial charge in [-0.15, -0.1) is 0 Å².